The van der Waals surface area contributed by atoms with Crippen LogP contribution in [0.4, 0.5) is 0 Å². The number of carboxylic acids is 1. The zero-order chi connectivity index (χ0) is 19.3. The Hall–Kier alpha value is -2.71. The number of carbonyl (C=O) groups is 2. The zero-order valence-electron chi connectivity index (χ0n) is 14.5. The Balaban J connectivity index is 2.23. The van der Waals surface area contributed by atoms with Crippen LogP contribution in [-0.4, -0.2) is 50.3 Å². The zero-order valence-corrected chi connectivity index (χ0v) is 15.3. The first kappa shape index (κ1) is 19.6. The molecule has 8 heteroatoms. The SMILES string of the molecule is CN(C)S(=O)(=O)c1cc(C(=O)O)cc(C(=O)NCCc2ccccc2)c1. The van der Waals surface area contributed by atoms with E-state index in [9.17, 15) is 23.1 Å². The lowest BCUT2D eigenvalue weighted by Gasteiger charge is -2.13. The van der Waals surface area contributed by atoms with E-state index >= 15 is 0 Å². The van der Waals surface area contributed by atoms with E-state index < -0.39 is 21.9 Å². The first-order valence-electron chi connectivity index (χ1n) is 7.85. The molecule has 0 bridgehead atoms. The highest BCUT2D eigenvalue weighted by atomic mass is 32.2. The maximum atomic E-state index is 12.3. The van der Waals surface area contributed by atoms with Crippen molar-refractivity contribution >= 4 is 21.9 Å². The summed E-state index contributed by atoms with van der Waals surface area (Å²) in [4.78, 5) is 23.4. The van der Waals surface area contributed by atoms with Crippen LogP contribution in [0.1, 0.15) is 26.3 Å². The molecule has 0 spiro atoms. The molecule has 0 radical (unpaired) electrons. The second-order valence-electron chi connectivity index (χ2n) is 5.83. The topological polar surface area (TPSA) is 104 Å². The lowest BCUT2D eigenvalue weighted by atomic mass is 10.1. The van der Waals surface area contributed by atoms with Gasteiger partial charge in [-0.2, -0.15) is 0 Å². The highest BCUT2D eigenvalue weighted by molar-refractivity contribution is 7.89. The van der Waals surface area contributed by atoms with Gasteiger partial charge in [0.15, 0.2) is 0 Å². The molecular formula is C18H20N2O5S. The van der Waals surface area contributed by atoms with Crippen molar-refractivity contribution in [3.63, 3.8) is 0 Å². The van der Waals surface area contributed by atoms with Crippen LogP contribution >= 0.6 is 0 Å². The molecule has 0 heterocycles. The number of nitrogens with one attached hydrogen (secondary N) is 1. The molecule has 0 saturated carbocycles. The van der Waals surface area contributed by atoms with Crippen LogP contribution in [0.5, 0.6) is 0 Å². The van der Waals surface area contributed by atoms with Gasteiger partial charge in [0.25, 0.3) is 5.91 Å². The van der Waals surface area contributed by atoms with E-state index in [-0.39, 0.29) is 16.0 Å². The number of sulfonamides is 1. The van der Waals surface area contributed by atoms with E-state index in [0.717, 1.165) is 22.0 Å². The Morgan fingerprint density at radius 3 is 2.23 bits per heavy atom. The predicted molar refractivity (Wildman–Crippen MR) is 96.8 cm³/mol. The van der Waals surface area contributed by atoms with Crippen LogP contribution in [0.25, 0.3) is 0 Å². The summed E-state index contributed by atoms with van der Waals surface area (Å²) in [6.45, 7) is 0.343. The van der Waals surface area contributed by atoms with E-state index in [1.54, 1.807) is 0 Å². The molecule has 0 unspecified atom stereocenters. The number of aromatic carboxylic acids is 1. The van der Waals surface area contributed by atoms with Crippen LogP contribution in [0, 0.1) is 0 Å². The molecule has 0 aliphatic carbocycles. The summed E-state index contributed by atoms with van der Waals surface area (Å²) in [6, 6.07) is 12.9. The number of benzene rings is 2. The van der Waals surface area contributed by atoms with Gasteiger partial charge in [-0.15, -0.1) is 0 Å². The van der Waals surface area contributed by atoms with E-state index in [4.69, 9.17) is 0 Å². The number of amides is 1. The van der Waals surface area contributed by atoms with Crippen LogP contribution in [0.2, 0.25) is 0 Å². The highest BCUT2D eigenvalue weighted by Gasteiger charge is 2.22. The van der Waals surface area contributed by atoms with Crippen molar-refractivity contribution in [3.05, 3.63) is 65.2 Å². The minimum absolute atomic E-state index is 0.0154. The summed E-state index contributed by atoms with van der Waals surface area (Å²) >= 11 is 0. The lowest BCUT2D eigenvalue weighted by molar-refractivity contribution is 0.0696. The molecule has 0 saturated heterocycles. The second kappa shape index (κ2) is 8.11. The minimum atomic E-state index is -3.86. The maximum absolute atomic E-state index is 12.3. The molecule has 2 rings (SSSR count). The van der Waals surface area contributed by atoms with Crippen LogP contribution < -0.4 is 5.32 Å². The Kier molecular flexibility index (Phi) is 6.12. The smallest absolute Gasteiger partial charge is 0.335 e. The largest absolute Gasteiger partial charge is 0.478 e. The summed E-state index contributed by atoms with van der Waals surface area (Å²) in [5, 5.41) is 11.9. The van der Waals surface area contributed by atoms with Gasteiger partial charge < -0.3 is 10.4 Å². The molecule has 0 aliphatic heterocycles. The Bertz CT molecular complexity index is 908. The summed E-state index contributed by atoms with van der Waals surface area (Å²) in [5.74, 6) is -1.83. The molecule has 0 fully saturated rings. The van der Waals surface area contributed by atoms with Crippen molar-refractivity contribution < 1.29 is 23.1 Å². The number of hydrogen-bond acceptors (Lipinski definition) is 4. The van der Waals surface area contributed by atoms with Crippen LogP contribution in [0.15, 0.2) is 53.4 Å². The number of nitrogens with zero attached hydrogens (tertiary/aromatic N) is 1. The third-order valence-electron chi connectivity index (χ3n) is 3.74. The summed E-state index contributed by atoms with van der Waals surface area (Å²) in [5.41, 5.74) is 0.766. The molecule has 2 aromatic rings. The van der Waals surface area contributed by atoms with Crippen molar-refractivity contribution in [2.45, 2.75) is 11.3 Å². The van der Waals surface area contributed by atoms with E-state index in [1.807, 2.05) is 30.3 Å². The van der Waals surface area contributed by atoms with Gasteiger partial charge in [0.1, 0.15) is 0 Å². The molecule has 138 valence electrons. The molecule has 2 aromatic carbocycles. The average Bonchev–Trinajstić information content (AvgIpc) is 2.61. The standard InChI is InChI=1S/C18H20N2O5S/c1-20(2)26(24,25)16-11-14(10-15(12-16)18(22)23)17(21)19-9-8-13-6-4-3-5-7-13/h3-7,10-12H,8-9H2,1-2H3,(H,19,21)(H,22,23). The number of hydrogen-bond donors (Lipinski definition) is 2. The van der Waals surface area contributed by atoms with Crippen molar-refractivity contribution in [1.29, 1.82) is 0 Å². The average molecular weight is 376 g/mol. The maximum Gasteiger partial charge on any atom is 0.335 e. The van der Waals surface area contributed by atoms with Gasteiger partial charge >= 0.3 is 5.97 Å². The second-order valence-corrected chi connectivity index (χ2v) is 7.98. The molecule has 0 aromatic heterocycles. The van der Waals surface area contributed by atoms with Crippen LogP contribution in [0.3, 0.4) is 0 Å². The normalized spacial score (nSPS) is 11.3. The predicted octanol–water partition coefficient (Wildman–Crippen LogP) is 1.61. The van der Waals surface area contributed by atoms with Crippen molar-refractivity contribution in [2.75, 3.05) is 20.6 Å². The third-order valence-corrected chi connectivity index (χ3v) is 5.53. The molecule has 26 heavy (non-hydrogen) atoms. The van der Waals surface area contributed by atoms with Gasteiger partial charge in [-0.1, -0.05) is 30.3 Å². The van der Waals surface area contributed by atoms with Gasteiger partial charge in [0.2, 0.25) is 10.0 Å². The fourth-order valence-corrected chi connectivity index (χ4v) is 3.25. The van der Waals surface area contributed by atoms with E-state index in [1.165, 1.54) is 20.2 Å². The molecule has 0 aliphatic rings. The fourth-order valence-electron chi connectivity index (χ4n) is 2.28. The Morgan fingerprint density at radius 2 is 1.65 bits per heavy atom. The molecule has 2 N–H and O–H groups in total. The summed E-state index contributed by atoms with van der Waals surface area (Å²) in [7, 11) is -1.19. The van der Waals surface area contributed by atoms with E-state index in [2.05, 4.69) is 5.32 Å². The van der Waals surface area contributed by atoms with Crippen LogP contribution in [-0.2, 0) is 16.4 Å². The molecule has 1 amide bonds. The van der Waals surface area contributed by atoms with Crippen molar-refractivity contribution in [1.82, 2.24) is 9.62 Å². The van der Waals surface area contributed by atoms with Gasteiger partial charge in [0, 0.05) is 26.2 Å². The monoisotopic (exact) mass is 376 g/mol. The summed E-state index contributed by atoms with van der Waals surface area (Å²) < 4.78 is 25.5. The Labute approximate surface area is 152 Å². The number of carboxylic acid groups (broad SMARTS) is 1. The van der Waals surface area contributed by atoms with Gasteiger partial charge in [-0.25, -0.2) is 17.5 Å². The summed E-state index contributed by atoms with van der Waals surface area (Å²) in [6.07, 6.45) is 0.605. The van der Waals surface area contributed by atoms with Gasteiger partial charge in [0.05, 0.1) is 10.5 Å². The number of carbonyl (C=O) groups excluding carboxylic acids is 1. The van der Waals surface area contributed by atoms with E-state index in [0.29, 0.717) is 13.0 Å². The van der Waals surface area contributed by atoms with Gasteiger partial charge in [-0.05, 0) is 30.2 Å². The first-order chi connectivity index (χ1) is 12.2. The fraction of sp³-hybridized carbons (Fsp3) is 0.222. The van der Waals surface area contributed by atoms with Crippen molar-refractivity contribution in [2.24, 2.45) is 0 Å². The number of rotatable bonds is 7. The molecule has 7 nitrogen and oxygen atoms in total. The molecule has 0 atom stereocenters. The lowest BCUT2D eigenvalue weighted by Crippen LogP contribution is -2.27. The Morgan fingerprint density at radius 1 is 1.04 bits per heavy atom. The molecular weight excluding hydrogens is 356 g/mol. The van der Waals surface area contributed by atoms with Gasteiger partial charge in [-0.3, -0.25) is 4.79 Å². The third kappa shape index (κ3) is 4.68. The first-order valence-corrected chi connectivity index (χ1v) is 9.29. The minimum Gasteiger partial charge on any atom is -0.478 e. The van der Waals surface area contributed by atoms with Crippen molar-refractivity contribution in [3.8, 4) is 0 Å². The highest BCUT2D eigenvalue weighted by Crippen LogP contribution is 2.18. The quantitative estimate of drug-likeness (QED) is 0.764.